The van der Waals surface area contributed by atoms with E-state index < -0.39 is 0 Å². The van der Waals surface area contributed by atoms with Crippen LogP contribution in [0, 0.1) is 0 Å². The Morgan fingerprint density at radius 2 is 0.982 bits per heavy atom. The molecule has 3 heterocycles. The molecule has 0 atom stereocenters. The average molecular weight is 732 g/mol. The van der Waals surface area contributed by atoms with Crippen molar-refractivity contribution in [3.05, 3.63) is 200 Å². The normalized spacial score (nSPS) is 11.6. The molecule has 0 saturated carbocycles. The average Bonchev–Trinajstić information content (AvgIpc) is 3.83. The largest absolute Gasteiger partial charge is 0.309 e. The maximum absolute atomic E-state index is 5.36. The number of benzene rings is 8. The Kier molecular flexibility index (Phi) is 7.68. The molecule has 4 heteroatoms. The lowest BCUT2D eigenvalue weighted by atomic mass is 9.97. The lowest BCUT2D eigenvalue weighted by molar-refractivity contribution is 1.18. The third kappa shape index (κ3) is 5.42. The van der Waals surface area contributed by atoms with Crippen molar-refractivity contribution in [3.8, 4) is 61.7 Å². The molecule has 0 spiro atoms. The first-order chi connectivity index (χ1) is 27.8. The highest BCUT2D eigenvalue weighted by atomic mass is 32.1. The fraction of sp³-hybridized carbons (Fsp3) is 0. The van der Waals surface area contributed by atoms with Crippen molar-refractivity contribution in [2.24, 2.45) is 0 Å². The van der Waals surface area contributed by atoms with Gasteiger partial charge >= 0.3 is 0 Å². The van der Waals surface area contributed by atoms with Crippen molar-refractivity contribution in [3.63, 3.8) is 0 Å². The van der Waals surface area contributed by atoms with Gasteiger partial charge in [-0.15, -0.1) is 11.3 Å². The van der Waals surface area contributed by atoms with Crippen LogP contribution in [0.1, 0.15) is 0 Å². The van der Waals surface area contributed by atoms with Gasteiger partial charge < -0.3 is 4.57 Å². The zero-order valence-corrected chi connectivity index (χ0v) is 31.1. The number of rotatable bonds is 6. The first kappa shape index (κ1) is 32.3. The highest BCUT2D eigenvalue weighted by Gasteiger charge is 2.19. The van der Waals surface area contributed by atoms with Crippen molar-refractivity contribution < 1.29 is 0 Å². The lowest BCUT2D eigenvalue weighted by Gasteiger charge is -2.12. The van der Waals surface area contributed by atoms with Crippen LogP contribution >= 0.6 is 11.3 Å². The van der Waals surface area contributed by atoms with Gasteiger partial charge in [-0.25, -0.2) is 9.97 Å². The zero-order valence-electron chi connectivity index (χ0n) is 30.3. The fourth-order valence-corrected chi connectivity index (χ4v) is 9.34. The first-order valence-corrected chi connectivity index (χ1v) is 19.7. The smallest absolute Gasteiger partial charge is 0.160 e. The van der Waals surface area contributed by atoms with Crippen LogP contribution in [0.5, 0.6) is 0 Å². The van der Waals surface area contributed by atoms with Crippen LogP contribution in [0.4, 0.5) is 0 Å². The molecule has 0 amide bonds. The van der Waals surface area contributed by atoms with Gasteiger partial charge in [0.2, 0.25) is 0 Å². The minimum absolute atomic E-state index is 0.720. The molecule has 262 valence electrons. The molecular formula is C52H33N3S. The number of hydrogen-bond acceptors (Lipinski definition) is 3. The second-order valence-corrected chi connectivity index (χ2v) is 15.2. The monoisotopic (exact) mass is 731 g/mol. The highest BCUT2D eigenvalue weighted by molar-refractivity contribution is 7.26. The van der Waals surface area contributed by atoms with E-state index in [0.717, 1.165) is 49.5 Å². The van der Waals surface area contributed by atoms with Crippen LogP contribution in [0.25, 0.3) is 104 Å². The van der Waals surface area contributed by atoms with E-state index in [1.54, 1.807) is 11.3 Å². The van der Waals surface area contributed by atoms with Gasteiger partial charge in [0.15, 0.2) is 5.82 Å². The van der Waals surface area contributed by atoms with Gasteiger partial charge in [-0.1, -0.05) is 164 Å². The van der Waals surface area contributed by atoms with Gasteiger partial charge in [0.1, 0.15) is 0 Å². The van der Waals surface area contributed by atoms with Crippen molar-refractivity contribution in [1.82, 2.24) is 14.5 Å². The Labute approximate surface area is 328 Å². The van der Waals surface area contributed by atoms with E-state index in [4.69, 9.17) is 9.97 Å². The van der Waals surface area contributed by atoms with Crippen molar-refractivity contribution >= 4 is 53.4 Å². The van der Waals surface area contributed by atoms with E-state index in [1.165, 1.54) is 54.3 Å². The molecular weight excluding hydrogens is 699 g/mol. The van der Waals surface area contributed by atoms with E-state index in [-0.39, 0.29) is 0 Å². The molecule has 11 aromatic rings. The summed E-state index contributed by atoms with van der Waals surface area (Å²) >= 11 is 1.76. The molecule has 0 radical (unpaired) electrons. The number of thiophene rings is 1. The lowest BCUT2D eigenvalue weighted by Crippen LogP contribution is -1.95. The molecule has 0 unspecified atom stereocenters. The summed E-state index contributed by atoms with van der Waals surface area (Å²) in [6, 6.07) is 71.5. The SMILES string of the molecule is c1ccc(-c2ccc(-c3nc(-c4cccc(-c5cccc6c5c5ccccc5n6-c5cccc(-c6ccccc6)c5)c4)nc4c3sc3ccccc34)cc2)cc1. The third-order valence-corrected chi connectivity index (χ3v) is 12.0. The quantitative estimate of drug-likeness (QED) is 0.170. The Balaban J connectivity index is 1.07. The summed E-state index contributed by atoms with van der Waals surface area (Å²) in [6.07, 6.45) is 0. The van der Waals surface area contributed by atoms with Crippen molar-refractivity contribution in [2.45, 2.75) is 0 Å². The maximum atomic E-state index is 5.36. The summed E-state index contributed by atoms with van der Waals surface area (Å²) < 4.78 is 4.72. The predicted octanol–water partition coefficient (Wildman–Crippen LogP) is 14.3. The number of fused-ring (bicyclic) bond motifs is 6. The van der Waals surface area contributed by atoms with Crippen LogP contribution in [0.2, 0.25) is 0 Å². The third-order valence-electron chi connectivity index (χ3n) is 10.8. The van der Waals surface area contributed by atoms with Gasteiger partial charge in [-0.05, 0) is 69.8 Å². The first-order valence-electron chi connectivity index (χ1n) is 18.9. The molecule has 0 N–H and O–H groups in total. The molecule has 0 aliphatic heterocycles. The number of nitrogens with zero attached hydrogens (tertiary/aromatic N) is 3. The topological polar surface area (TPSA) is 30.7 Å². The molecule has 0 bridgehead atoms. The Morgan fingerprint density at radius 3 is 1.80 bits per heavy atom. The standard InChI is InChI=1S/C52H33N3S/c1-3-14-34(15-4-1)36-28-30-37(31-29-36)49-51-50(44-23-8-10-27-47(44)56-51)54-52(53-49)40-20-11-19-39(32-40)42-24-13-26-46-48(42)43-22-7-9-25-45(43)55(46)41-21-12-18-38(33-41)35-16-5-2-6-17-35/h1-33H. The second-order valence-electron chi connectivity index (χ2n) is 14.2. The predicted molar refractivity (Wildman–Crippen MR) is 236 cm³/mol. The van der Waals surface area contributed by atoms with Crippen LogP contribution < -0.4 is 0 Å². The molecule has 8 aromatic carbocycles. The van der Waals surface area contributed by atoms with E-state index in [9.17, 15) is 0 Å². The van der Waals surface area contributed by atoms with Gasteiger partial charge in [-0.2, -0.15) is 0 Å². The number of aromatic nitrogens is 3. The van der Waals surface area contributed by atoms with Crippen LogP contribution in [0.15, 0.2) is 200 Å². The maximum Gasteiger partial charge on any atom is 0.160 e. The highest BCUT2D eigenvalue weighted by Crippen LogP contribution is 2.42. The van der Waals surface area contributed by atoms with Crippen molar-refractivity contribution in [2.75, 3.05) is 0 Å². The summed E-state index contributed by atoms with van der Waals surface area (Å²) in [6.45, 7) is 0. The minimum atomic E-state index is 0.720. The molecule has 0 saturated heterocycles. The van der Waals surface area contributed by atoms with Gasteiger partial charge in [-0.3, -0.25) is 0 Å². The minimum Gasteiger partial charge on any atom is -0.309 e. The van der Waals surface area contributed by atoms with Crippen LogP contribution in [0.3, 0.4) is 0 Å². The van der Waals surface area contributed by atoms with Crippen molar-refractivity contribution in [1.29, 1.82) is 0 Å². The summed E-state index contributed by atoms with van der Waals surface area (Å²) in [7, 11) is 0. The second kappa shape index (κ2) is 13.3. The number of hydrogen-bond donors (Lipinski definition) is 0. The summed E-state index contributed by atoms with van der Waals surface area (Å²) in [4.78, 5) is 10.7. The zero-order chi connectivity index (χ0) is 37.0. The molecule has 56 heavy (non-hydrogen) atoms. The van der Waals surface area contributed by atoms with E-state index >= 15 is 0 Å². The van der Waals surface area contributed by atoms with E-state index in [2.05, 4.69) is 205 Å². The van der Waals surface area contributed by atoms with E-state index in [1.807, 2.05) is 0 Å². The van der Waals surface area contributed by atoms with Gasteiger partial charge in [0.25, 0.3) is 0 Å². The molecule has 3 nitrogen and oxygen atoms in total. The Morgan fingerprint density at radius 1 is 0.393 bits per heavy atom. The molecule has 3 aromatic heterocycles. The fourth-order valence-electron chi connectivity index (χ4n) is 8.19. The Bertz CT molecular complexity index is 3230. The molecule has 0 fully saturated rings. The van der Waals surface area contributed by atoms with E-state index in [0.29, 0.717) is 0 Å². The Hall–Kier alpha value is -7.14. The summed E-state index contributed by atoms with van der Waals surface area (Å²) in [5.74, 6) is 0.720. The van der Waals surface area contributed by atoms with Gasteiger partial charge in [0.05, 0.1) is 26.9 Å². The summed E-state index contributed by atoms with van der Waals surface area (Å²) in [5, 5.41) is 3.60. The molecule has 0 aliphatic carbocycles. The summed E-state index contributed by atoms with van der Waals surface area (Å²) in [5.41, 5.74) is 14.6. The van der Waals surface area contributed by atoms with Crippen LogP contribution in [-0.2, 0) is 0 Å². The number of para-hydroxylation sites is 1. The molecule has 0 aliphatic rings. The van der Waals surface area contributed by atoms with Gasteiger partial charge in [0, 0.05) is 37.7 Å². The van der Waals surface area contributed by atoms with Crippen LogP contribution in [-0.4, -0.2) is 14.5 Å². The molecule has 11 rings (SSSR count).